The fraction of sp³-hybridized carbons (Fsp3) is 0.217. The van der Waals surface area contributed by atoms with E-state index in [1.807, 2.05) is 0 Å². The summed E-state index contributed by atoms with van der Waals surface area (Å²) < 4.78 is 5.94. The van der Waals surface area contributed by atoms with Gasteiger partial charge in [-0.2, -0.15) is 0 Å². The number of benzene rings is 2. The van der Waals surface area contributed by atoms with E-state index in [1.165, 1.54) is 6.07 Å². The highest BCUT2D eigenvalue weighted by Gasteiger charge is 2.24. The van der Waals surface area contributed by atoms with Crippen LogP contribution in [0.15, 0.2) is 42.5 Å². The molecule has 8 nitrogen and oxygen atoms in total. The van der Waals surface area contributed by atoms with Crippen molar-refractivity contribution in [1.82, 2.24) is 10.3 Å². The van der Waals surface area contributed by atoms with Gasteiger partial charge in [-0.1, -0.05) is 18.2 Å². The number of aromatic carboxylic acids is 1. The van der Waals surface area contributed by atoms with Gasteiger partial charge in [-0.3, -0.25) is 14.6 Å². The summed E-state index contributed by atoms with van der Waals surface area (Å²) in [5.74, 6) is -1.14. The van der Waals surface area contributed by atoms with Crippen LogP contribution in [0.1, 0.15) is 50.6 Å². The van der Waals surface area contributed by atoms with Gasteiger partial charge in [0.15, 0.2) is 0 Å². The Labute approximate surface area is 179 Å². The summed E-state index contributed by atoms with van der Waals surface area (Å²) >= 11 is 0. The second-order valence-electron chi connectivity index (χ2n) is 7.81. The Morgan fingerprint density at radius 1 is 1.23 bits per heavy atom. The first-order chi connectivity index (χ1) is 14.6. The van der Waals surface area contributed by atoms with Crippen molar-refractivity contribution in [1.29, 1.82) is 0 Å². The average molecular weight is 421 g/mol. The van der Waals surface area contributed by atoms with Crippen LogP contribution in [0, 0.1) is 6.92 Å². The van der Waals surface area contributed by atoms with E-state index in [1.54, 1.807) is 57.2 Å². The highest BCUT2D eigenvalue weighted by molar-refractivity contribution is 6.06. The molecule has 2 aromatic carbocycles. The molecule has 0 unspecified atom stereocenters. The summed E-state index contributed by atoms with van der Waals surface area (Å²) in [6, 6.07) is 11.5. The molecular formula is C23H23N3O5. The first-order valence-electron chi connectivity index (χ1n) is 9.55. The molecule has 0 fully saturated rings. The Balaban J connectivity index is 1.84. The number of aromatic nitrogens is 1. The SMILES string of the molecule is Cc1nc2cccc(OCC(C)(C)NC(=O)c3cccc(C=O)c3)c2c(N)c1C(=O)O. The molecule has 0 saturated carbocycles. The molecule has 0 aliphatic carbocycles. The number of carboxylic acids is 1. The van der Waals surface area contributed by atoms with Crippen molar-refractivity contribution in [2.24, 2.45) is 0 Å². The Hall–Kier alpha value is -3.94. The van der Waals surface area contributed by atoms with E-state index >= 15 is 0 Å². The number of carbonyl (C=O) groups excluding carboxylic acids is 2. The van der Waals surface area contributed by atoms with Crippen molar-refractivity contribution >= 4 is 34.8 Å². The smallest absolute Gasteiger partial charge is 0.339 e. The van der Waals surface area contributed by atoms with E-state index in [-0.39, 0.29) is 23.8 Å². The van der Waals surface area contributed by atoms with E-state index in [0.717, 1.165) is 0 Å². The largest absolute Gasteiger partial charge is 0.490 e. The molecule has 0 aliphatic heterocycles. The standard InChI is InChI=1S/C23H23N3O5/c1-13-18(22(29)30)20(24)19-16(25-13)8-5-9-17(19)31-12-23(2,3)26-21(28)15-7-4-6-14(10-15)11-27/h4-11H,12H2,1-3H3,(H2,24,25)(H,26,28)(H,29,30). The normalized spacial score (nSPS) is 11.2. The third kappa shape index (κ3) is 4.63. The van der Waals surface area contributed by atoms with Gasteiger partial charge in [0.25, 0.3) is 5.91 Å². The Morgan fingerprint density at radius 3 is 2.61 bits per heavy atom. The van der Waals surface area contributed by atoms with Crippen LogP contribution in [0.4, 0.5) is 5.69 Å². The Bertz CT molecular complexity index is 1190. The van der Waals surface area contributed by atoms with Crippen molar-refractivity contribution in [3.63, 3.8) is 0 Å². The molecule has 31 heavy (non-hydrogen) atoms. The molecule has 0 bridgehead atoms. The number of nitrogens with zero attached hydrogens (tertiary/aromatic N) is 1. The van der Waals surface area contributed by atoms with Gasteiger partial charge in [-0.25, -0.2) is 4.79 Å². The van der Waals surface area contributed by atoms with Crippen molar-refractivity contribution in [3.8, 4) is 5.75 Å². The lowest BCUT2D eigenvalue weighted by Gasteiger charge is -2.27. The van der Waals surface area contributed by atoms with E-state index in [2.05, 4.69) is 10.3 Å². The molecule has 0 spiro atoms. The molecule has 8 heteroatoms. The van der Waals surface area contributed by atoms with Crippen molar-refractivity contribution in [3.05, 3.63) is 64.8 Å². The van der Waals surface area contributed by atoms with Crippen LogP contribution < -0.4 is 15.8 Å². The molecule has 4 N–H and O–H groups in total. The minimum Gasteiger partial charge on any atom is -0.490 e. The highest BCUT2D eigenvalue weighted by atomic mass is 16.5. The lowest BCUT2D eigenvalue weighted by Crippen LogP contribution is -2.47. The number of hydrogen-bond acceptors (Lipinski definition) is 6. The number of amides is 1. The number of nitrogens with one attached hydrogen (secondary N) is 1. The number of hydrogen-bond donors (Lipinski definition) is 3. The van der Waals surface area contributed by atoms with Crippen LogP contribution >= 0.6 is 0 Å². The van der Waals surface area contributed by atoms with Crippen LogP contribution in [0.5, 0.6) is 5.75 Å². The fourth-order valence-electron chi connectivity index (χ4n) is 3.26. The highest BCUT2D eigenvalue weighted by Crippen LogP contribution is 2.33. The van der Waals surface area contributed by atoms with Gasteiger partial charge in [0, 0.05) is 11.1 Å². The van der Waals surface area contributed by atoms with Gasteiger partial charge in [0.05, 0.1) is 27.8 Å². The first kappa shape index (κ1) is 21.8. The van der Waals surface area contributed by atoms with Gasteiger partial charge in [-0.05, 0) is 45.0 Å². The number of nitrogen functional groups attached to an aromatic ring is 1. The molecular weight excluding hydrogens is 398 g/mol. The number of ether oxygens (including phenoxy) is 1. The zero-order chi connectivity index (χ0) is 22.8. The van der Waals surface area contributed by atoms with Gasteiger partial charge < -0.3 is 20.9 Å². The number of pyridine rings is 1. The average Bonchev–Trinajstić information content (AvgIpc) is 2.71. The maximum Gasteiger partial charge on any atom is 0.339 e. The number of carboxylic acid groups (broad SMARTS) is 1. The third-order valence-corrected chi connectivity index (χ3v) is 4.73. The monoisotopic (exact) mass is 421 g/mol. The quantitative estimate of drug-likeness (QED) is 0.499. The van der Waals surface area contributed by atoms with Crippen LogP contribution in [0.3, 0.4) is 0 Å². The second-order valence-corrected chi connectivity index (χ2v) is 7.81. The maximum atomic E-state index is 12.6. The van der Waals surface area contributed by atoms with Crippen LogP contribution in [0.25, 0.3) is 10.9 Å². The number of carbonyl (C=O) groups is 3. The van der Waals surface area contributed by atoms with Crippen LogP contribution in [-0.2, 0) is 0 Å². The molecule has 1 aromatic heterocycles. The Kier molecular flexibility index (Phi) is 5.92. The first-order valence-corrected chi connectivity index (χ1v) is 9.55. The van der Waals surface area contributed by atoms with Crippen LogP contribution in [0.2, 0.25) is 0 Å². The predicted octanol–water partition coefficient (Wildman–Crippen LogP) is 3.22. The van der Waals surface area contributed by atoms with E-state index in [9.17, 15) is 19.5 Å². The second kappa shape index (κ2) is 8.43. The number of nitrogens with two attached hydrogens (primary N) is 1. The molecule has 0 saturated heterocycles. The molecule has 1 heterocycles. The van der Waals surface area contributed by atoms with Crippen molar-refractivity contribution in [2.75, 3.05) is 12.3 Å². The molecule has 3 rings (SSSR count). The van der Waals surface area contributed by atoms with E-state index < -0.39 is 11.5 Å². The maximum absolute atomic E-state index is 12.6. The van der Waals surface area contributed by atoms with Gasteiger partial charge in [0.1, 0.15) is 24.2 Å². The summed E-state index contributed by atoms with van der Waals surface area (Å²) in [5, 5.41) is 12.8. The molecule has 160 valence electrons. The van der Waals surface area contributed by atoms with Crippen LogP contribution in [-0.4, -0.2) is 40.4 Å². The third-order valence-electron chi connectivity index (χ3n) is 4.73. The fourth-order valence-corrected chi connectivity index (χ4v) is 3.26. The molecule has 3 aromatic rings. The van der Waals surface area contributed by atoms with Gasteiger partial charge >= 0.3 is 5.97 Å². The number of aryl methyl sites for hydroxylation is 1. The van der Waals surface area contributed by atoms with Crippen molar-refractivity contribution in [2.45, 2.75) is 26.3 Å². The zero-order valence-corrected chi connectivity index (χ0v) is 17.4. The summed E-state index contributed by atoms with van der Waals surface area (Å²) in [4.78, 5) is 39.4. The van der Waals surface area contributed by atoms with E-state index in [0.29, 0.717) is 39.8 Å². The number of rotatable bonds is 7. The molecule has 0 aliphatic rings. The number of aldehydes is 1. The topological polar surface area (TPSA) is 132 Å². The molecule has 0 atom stereocenters. The summed E-state index contributed by atoms with van der Waals surface area (Å²) in [6.07, 6.45) is 0.678. The summed E-state index contributed by atoms with van der Waals surface area (Å²) in [5.41, 5.74) is 6.99. The summed E-state index contributed by atoms with van der Waals surface area (Å²) in [7, 11) is 0. The Morgan fingerprint density at radius 2 is 1.94 bits per heavy atom. The lowest BCUT2D eigenvalue weighted by atomic mass is 10.0. The number of fused-ring (bicyclic) bond motifs is 1. The molecule has 0 radical (unpaired) electrons. The minimum absolute atomic E-state index is 0.0637. The summed E-state index contributed by atoms with van der Waals surface area (Å²) in [6.45, 7) is 5.24. The van der Waals surface area contributed by atoms with Gasteiger partial charge in [-0.15, -0.1) is 0 Å². The minimum atomic E-state index is -1.16. The molecule has 1 amide bonds. The predicted molar refractivity (Wildman–Crippen MR) is 117 cm³/mol. The van der Waals surface area contributed by atoms with Gasteiger partial charge in [0.2, 0.25) is 0 Å². The van der Waals surface area contributed by atoms with E-state index in [4.69, 9.17) is 10.5 Å². The number of anilines is 1. The zero-order valence-electron chi connectivity index (χ0n) is 17.4. The van der Waals surface area contributed by atoms with Crippen molar-refractivity contribution < 1.29 is 24.2 Å². The lowest BCUT2D eigenvalue weighted by molar-refractivity contribution is 0.0696.